The van der Waals surface area contributed by atoms with Crippen LogP contribution in [0.25, 0.3) is 6.08 Å². The van der Waals surface area contributed by atoms with E-state index in [1.54, 1.807) is 12.1 Å². The number of thiophene rings is 1. The van der Waals surface area contributed by atoms with Gasteiger partial charge in [-0.15, -0.1) is 0 Å². The quantitative estimate of drug-likeness (QED) is 0.653. The van der Waals surface area contributed by atoms with E-state index in [2.05, 4.69) is 5.32 Å². The van der Waals surface area contributed by atoms with Crippen molar-refractivity contribution in [1.29, 1.82) is 0 Å². The standard InChI is InChI=1S/C15H9F3N2OS2/c16-15(17,18)10-3-1-2-4-12(10)20-13(21)11(19-14(20)22)7-9-5-6-23-8-9/h1-8H,(H,19,22)/b11-7-. The fraction of sp³-hybridized carbons (Fsp3) is 0.0667. The monoisotopic (exact) mass is 354 g/mol. The molecule has 1 saturated heterocycles. The SMILES string of the molecule is O=C1/C(=C/c2ccsc2)NC(=S)N1c1ccccc1C(F)(F)F. The van der Waals surface area contributed by atoms with Crippen LogP contribution in [0.2, 0.25) is 0 Å². The number of hydrogen-bond acceptors (Lipinski definition) is 3. The molecule has 0 unspecified atom stereocenters. The number of nitrogens with one attached hydrogen (secondary N) is 1. The predicted octanol–water partition coefficient (Wildman–Crippen LogP) is 4.03. The summed E-state index contributed by atoms with van der Waals surface area (Å²) in [5.74, 6) is -0.613. The number of rotatable bonds is 2. The Morgan fingerprint density at radius 3 is 2.61 bits per heavy atom. The topological polar surface area (TPSA) is 32.3 Å². The number of halogens is 3. The van der Waals surface area contributed by atoms with Crippen molar-refractivity contribution in [2.24, 2.45) is 0 Å². The minimum absolute atomic E-state index is 0.0758. The normalized spacial score (nSPS) is 17.0. The van der Waals surface area contributed by atoms with E-state index in [0.717, 1.165) is 16.5 Å². The Kier molecular flexibility index (Phi) is 3.95. The Hall–Kier alpha value is -2.19. The fourth-order valence-electron chi connectivity index (χ4n) is 2.19. The van der Waals surface area contributed by atoms with Crippen LogP contribution < -0.4 is 10.2 Å². The lowest BCUT2D eigenvalue weighted by atomic mass is 10.1. The smallest absolute Gasteiger partial charge is 0.327 e. The maximum atomic E-state index is 13.1. The molecule has 1 amide bonds. The zero-order valence-corrected chi connectivity index (χ0v) is 13.1. The van der Waals surface area contributed by atoms with E-state index >= 15 is 0 Å². The first-order valence-electron chi connectivity index (χ1n) is 6.43. The zero-order chi connectivity index (χ0) is 16.6. The molecule has 0 saturated carbocycles. The van der Waals surface area contributed by atoms with Crippen LogP contribution in [0.15, 0.2) is 46.8 Å². The van der Waals surface area contributed by atoms with Crippen molar-refractivity contribution >= 4 is 46.3 Å². The summed E-state index contributed by atoms with van der Waals surface area (Å²) in [6, 6.07) is 6.64. The molecule has 23 heavy (non-hydrogen) atoms. The van der Waals surface area contributed by atoms with Crippen molar-refractivity contribution in [3.63, 3.8) is 0 Å². The molecule has 2 heterocycles. The summed E-state index contributed by atoms with van der Waals surface area (Å²) < 4.78 is 39.4. The summed E-state index contributed by atoms with van der Waals surface area (Å²) in [7, 11) is 0. The molecule has 0 aliphatic carbocycles. The molecule has 118 valence electrons. The van der Waals surface area contributed by atoms with Crippen LogP contribution in [0.4, 0.5) is 18.9 Å². The van der Waals surface area contributed by atoms with Gasteiger partial charge < -0.3 is 5.32 Å². The van der Waals surface area contributed by atoms with Crippen molar-refractivity contribution in [2.45, 2.75) is 6.18 Å². The van der Waals surface area contributed by atoms with Crippen molar-refractivity contribution in [1.82, 2.24) is 5.32 Å². The molecule has 1 N–H and O–H groups in total. The van der Waals surface area contributed by atoms with Gasteiger partial charge in [-0.1, -0.05) is 12.1 Å². The lowest BCUT2D eigenvalue weighted by Crippen LogP contribution is -2.32. The lowest BCUT2D eigenvalue weighted by Gasteiger charge is -2.19. The van der Waals surface area contributed by atoms with Gasteiger partial charge in [0.15, 0.2) is 5.11 Å². The third-order valence-electron chi connectivity index (χ3n) is 3.18. The number of carbonyl (C=O) groups is 1. The van der Waals surface area contributed by atoms with Gasteiger partial charge >= 0.3 is 6.18 Å². The molecule has 3 rings (SSSR count). The minimum atomic E-state index is -4.58. The first kappa shape index (κ1) is 15.7. The van der Waals surface area contributed by atoms with Gasteiger partial charge in [0, 0.05) is 0 Å². The summed E-state index contributed by atoms with van der Waals surface area (Å²) in [4.78, 5) is 13.3. The summed E-state index contributed by atoms with van der Waals surface area (Å²) >= 11 is 6.49. The highest BCUT2D eigenvalue weighted by Crippen LogP contribution is 2.37. The van der Waals surface area contributed by atoms with Crippen LogP contribution in [0.1, 0.15) is 11.1 Å². The van der Waals surface area contributed by atoms with E-state index in [4.69, 9.17) is 12.2 Å². The molecule has 1 aliphatic heterocycles. The first-order chi connectivity index (χ1) is 10.9. The Morgan fingerprint density at radius 1 is 1.22 bits per heavy atom. The Bertz CT molecular complexity index is 797. The largest absolute Gasteiger partial charge is 0.418 e. The molecule has 2 aromatic rings. The van der Waals surface area contributed by atoms with Gasteiger partial charge in [0.2, 0.25) is 0 Å². The minimum Gasteiger partial charge on any atom is -0.327 e. The van der Waals surface area contributed by atoms with E-state index in [0.29, 0.717) is 0 Å². The summed E-state index contributed by atoms with van der Waals surface area (Å²) in [5.41, 5.74) is -0.268. The molecule has 1 aromatic carbocycles. The summed E-state index contributed by atoms with van der Waals surface area (Å²) in [6.45, 7) is 0. The average Bonchev–Trinajstić information content (AvgIpc) is 3.08. The molecular formula is C15H9F3N2OS2. The predicted molar refractivity (Wildman–Crippen MR) is 87.0 cm³/mol. The molecule has 0 bridgehead atoms. The molecule has 1 aliphatic rings. The second-order valence-corrected chi connectivity index (χ2v) is 5.87. The van der Waals surface area contributed by atoms with E-state index in [1.807, 2.05) is 10.8 Å². The summed E-state index contributed by atoms with van der Waals surface area (Å²) in [5, 5.41) is 6.25. The third-order valence-corrected chi connectivity index (χ3v) is 4.17. The van der Waals surface area contributed by atoms with Gasteiger partial charge in [0.25, 0.3) is 5.91 Å². The molecule has 1 aromatic heterocycles. The number of hydrogen-bond donors (Lipinski definition) is 1. The molecule has 0 atom stereocenters. The van der Waals surface area contributed by atoms with Crippen LogP contribution in [0.5, 0.6) is 0 Å². The Morgan fingerprint density at radius 2 is 1.96 bits per heavy atom. The fourth-order valence-corrected chi connectivity index (χ4v) is 3.10. The Balaban J connectivity index is 2.02. The number of alkyl halides is 3. The van der Waals surface area contributed by atoms with E-state index in [9.17, 15) is 18.0 Å². The number of para-hydroxylation sites is 1. The van der Waals surface area contributed by atoms with Crippen molar-refractivity contribution in [3.8, 4) is 0 Å². The number of thiocarbonyl (C=S) groups is 1. The highest BCUT2D eigenvalue weighted by atomic mass is 32.1. The van der Waals surface area contributed by atoms with Gasteiger partial charge in [-0.05, 0) is 52.8 Å². The van der Waals surface area contributed by atoms with Crippen LogP contribution in [-0.4, -0.2) is 11.0 Å². The third kappa shape index (κ3) is 2.99. The first-order valence-corrected chi connectivity index (χ1v) is 7.78. The number of amides is 1. The molecule has 8 heteroatoms. The van der Waals surface area contributed by atoms with Gasteiger partial charge in [-0.2, -0.15) is 24.5 Å². The number of carbonyl (C=O) groups excluding carboxylic acids is 1. The van der Waals surface area contributed by atoms with Crippen LogP contribution >= 0.6 is 23.6 Å². The molecule has 0 spiro atoms. The van der Waals surface area contributed by atoms with Crippen LogP contribution in [0.3, 0.4) is 0 Å². The molecule has 3 nitrogen and oxygen atoms in total. The second-order valence-electron chi connectivity index (χ2n) is 4.70. The maximum absolute atomic E-state index is 13.1. The highest BCUT2D eigenvalue weighted by Gasteiger charge is 2.40. The molecular weight excluding hydrogens is 345 g/mol. The van der Waals surface area contributed by atoms with Crippen LogP contribution in [0, 0.1) is 0 Å². The van der Waals surface area contributed by atoms with Crippen molar-refractivity contribution in [3.05, 3.63) is 57.9 Å². The Labute approximate surface area is 139 Å². The van der Waals surface area contributed by atoms with E-state index in [-0.39, 0.29) is 16.5 Å². The molecule has 0 radical (unpaired) electrons. The number of benzene rings is 1. The van der Waals surface area contributed by atoms with Gasteiger partial charge in [0.05, 0.1) is 11.3 Å². The maximum Gasteiger partial charge on any atom is 0.418 e. The van der Waals surface area contributed by atoms with Crippen LogP contribution in [-0.2, 0) is 11.0 Å². The van der Waals surface area contributed by atoms with E-state index in [1.165, 1.54) is 29.5 Å². The number of anilines is 1. The molecule has 1 fully saturated rings. The van der Waals surface area contributed by atoms with Gasteiger partial charge in [-0.3, -0.25) is 9.69 Å². The lowest BCUT2D eigenvalue weighted by molar-refractivity contribution is -0.137. The highest BCUT2D eigenvalue weighted by molar-refractivity contribution is 7.80. The zero-order valence-electron chi connectivity index (χ0n) is 11.4. The van der Waals surface area contributed by atoms with Crippen molar-refractivity contribution in [2.75, 3.05) is 4.90 Å². The second kappa shape index (κ2) is 5.78. The van der Waals surface area contributed by atoms with Crippen molar-refractivity contribution < 1.29 is 18.0 Å². The summed E-state index contributed by atoms with van der Waals surface area (Å²) in [6.07, 6.45) is -3.02. The van der Waals surface area contributed by atoms with Gasteiger partial charge in [-0.25, -0.2) is 0 Å². The van der Waals surface area contributed by atoms with Gasteiger partial charge in [0.1, 0.15) is 5.70 Å². The number of nitrogens with zero attached hydrogens (tertiary/aromatic N) is 1. The average molecular weight is 354 g/mol. The van der Waals surface area contributed by atoms with E-state index < -0.39 is 17.6 Å².